The van der Waals surface area contributed by atoms with Crippen LogP contribution in [-0.2, 0) is 4.79 Å². The Morgan fingerprint density at radius 2 is 2.06 bits per heavy atom. The average molecular weight is 230 g/mol. The lowest BCUT2D eigenvalue weighted by molar-refractivity contribution is -0.115. The first kappa shape index (κ1) is 11.4. The summed E-state index contributed by atoms with van der Waals surface area (Å²) in [5.41, 5.74) is 2.56. The van der Waals surface area contributed by atoms with E-state index >= 15 is 0 Å². The van der Waals surface area contributed by atoms with Gasteiger partial charge in [-0.05, 0) is 12.1 Å². The van der Waals surface area contributed by atoms with Crippen molar-refractivity contribution in [2.75, 3.05) is 5.32 Å². The van der Waals surface area contributed by atoms with Gasteiger partial charge in [0.1, 0.15) is 12.0 Å². The van der Waals surface area contributed by atoms with Crippen LogP contribution in [0, 0.1) is 6.92 Å². The third kappa shape index (κ3) is 2.72. The number of nitrogens with one attached hydrogen (secondary N) is 1. The number of carbonyl (C=O) groups excluding carboxylic acids is 1. The number of hydrogen-bond donors (Lipinski definition) is 1. The molecule has 1 aromatic heterocycles. The Kier molecular flexibility index (Phi) is 3.23. The van der Waals surface area contributed by atoms with Gasteiger partial charge in [-0.1, -0.05) is 19.1 Å². The third-order valence-corrected chi connectivity index (χ3v) is 2.40. The quantitative estimate of drug-likeness (QED) is 0.881. The van der Waals surface area contributed by atoms with Crippen LogP contribution >= 0.6 is 0 Å². The zero-order valence-electron chi connectivity index (χ0n) is 9.86. The number of aryl methyl sites for hydroxylation is 1. The Bertz CT molecular complexity index is 514. The maximum atomic E-state index is 11.2. The zero-order valence-corrected chi connectivity index (χ0v) is 9.86. The molecule has 1 heterocycles. The number of aromatic nitrogens is 1. The molecule has 0 aliphatic carbocycles. The van der Waals surface area contributed by atoms with E-state index < -0.39 is 0 Å². The maximum Gasteiger partial charge on any atom is 0.224 e. The highest BCUT2D eigenvalue weighted by molar-refractivity contribution is 5.90. The standard InChI is InChI=1S/C13H14N2O2/c1-3-13(16)15-11-6-4-10(5-7-11)12-8-17-9(2)14-12/h4-8H,3H2,1-2H3,(H,15,16). The molecule has 4 heteroatoms. The molecule has 2 rings (SSSR count). The molecule has 0 atom stereocenters. The fourth-order valence-corrected chi connectivity index (χ4v) is 1.47. The number of hydrogen-bond acceptors (Lipinski definition) is 3. The van der Waals surface area contributed by atoms with Crippen molar-refractivity contribution in [3.05, 3.63) is 36.4 Å². The summed E-state index contributed by atoms with van der Waals surface area (Å²) >= 11 is 0. The van der Waals surface area contributed by atoms with Crippen LogP contribution in [0.1, 0.15) is 19.2 Å². The lowest BCUT2D eigenvalue weighted by atomic mass is 10.1. The molecule has 0 unspecified atom stereocenters. The average Bonchev–Trinajstić information content (AvgIpc) is 2.77. The van der Waals surface area contributed by atoms with Gasteiger partial charge in [-0.3, -0.25) is 4.79 Å². The highest BCUT2D eigenvalue weighted by Crippen LogP contribution is 2.20. The zero-order chi connectivity index (χ0) is 12.3. The predicted octanol–water partition coefficient (Wildman–Crippen LogP) is 3.00. The summed E-state index contributed by atoms with van der Waals surface area (Å²) in [4.78, 5) is 15.4. The van der Waals surface area contributed by atoms with Crippen molar-refractivity contribution in [2.45, 2.75) is 20.3 Å². The molecule has 1 aromatic carbocycles. The molecule has 2 aromatic rings. The summed E-state index contributed by atoms with van der Waals surface area (Å²) in [6.45, 7) is 3.63. The molecular weight excluding hydrogens is 216 g/mol. The topological polar surface area (TPSA) is 55.1 Å². The predicted molar refractivity (Wildman–Crippen MR) is 65.6 cm³/mol. The van der Waals surface area contributed by atoms with Crippen molar-refractivity contribution in [1.82, 2.24) is 4.98 Å². The van der Waals surface area contributed by atoms with E-state index in [1.807, 2.05) is 31.2 Å². The van der Waals surface area contributed by atoms with Gasteiger partial charge in [-0.2, -0.15) is 0 Å². The molecule has 4 nitrogen and oxygen atoms in total. The number of amides is 1. The van der Waals surface area contributed by atoms with E-state index in [1.54, 1.807) is 13.2 Å². The van der Waals surface area contributed by atoms with Crippen LogP contribution in [0.2, 0.25) is 0 Å². The van der Waals surface area contributed by atoms with E-state index in [2.05, 4.69) is 10.3 Å². The van der Waals surface area contributed by atoms with Crippen molar-refractivity contribution < 1.29 is 9.21 Å². The van der Waals surface area contributed by atoms with E-state index in [9.17, 15) is 4.79 Å². The number of nitrogens with zero attached hydrogens (tertiary/aromatic N) is 1. The van der Waals surface area contributed by atoms with Gasteiger partial charge in [0, 0.05) is 24.6 Å². The third-order valence-electron chi connectivity index (χ3n) is 2.40. The molecule has 0 fully saturated rings. The highest BCUT2D eigenvalue weighted by Gasteiger charge is 2.04. The van der Waals surface area contributed by atoms with E-state index in [1.165, 1.54) is 0 Å². The van der Waals surface area contributed by atoms with Crippen LogP contribution in [-0.4, -0.2) is 10.9 Å². The smallest absolute Gasteiger partial charge is 0.224 e. The van der Waals surface area contributed by atoms with Gasteiger partial charge in [0.25, 0.3) is 0 Å². The highest BCUT2D eigenvalue weighted by atomic mass is 16.3. The second-order valence-electron chi connectivity index (χ2n) is 3.73. The molecule has 1 N–H and O–H groups in total. The van der Waals surface area contributed by atoms with Gasteiger partial charge in [-0.15, -0.1) is 0 Å². The van der Waals surface area contributed by atoms with Crippen molar-refractivity contribution in [2.24, 2.45) is 0 Å². The lowest BCUT2D eigenvalue weighted by Crippen LogP contribution is -2.08. The Labute approximate surface area is 99.7 Å². The number of benzene rings is 1. The number of rotatable bonds is 3. The minimum absolute atomic E-state index is 0.00929. The SMILES string of the molecule is CCC(=O)Nc1ccc(-c2coc(C)n2)cc1. The van der Waals surface area contributed by atoms with Crippen LogP contribution in [0.15, 0.2) is 34.9 Å². The van der Waals surface area contributed by atoms with Crippen LogP contribution in [0.3, 0.4) is 0 Å². The normalized spacial score (nSPS) is 10.2. The maximum absolute atomic E-state index is 11.2. The molecular formula is C13H14N2O2. The van der Waals surface area contributed by atoms with Gasteiger partial charge in [0.05, 0.1) is 0 Å². The molecule has 0 aliphatic heterocycles. The Hall–Kier alpha value is -2.10. The molecule has 0 spiro atoms. The molecule has 88 valence electrons. The van der Waals surface area contributed by atoms with Crippen molar-refractivity contribution in [1.29, 1.82) is 0 Å². The van der Waals surface area contributed by atoms with Crippen molar-refractivity contribution >= 4 is 11.6 Å². The van der Waals surface area contributed by atoms with E-state index in [4.69, 9.17) is 4.42 Å². The van der Waals surface area contributed by atoms with E-state index in [0.29, 0.717) is 12.3 Å². The van der Waals surface area contributed by atoms with E-state index in [0.717, 1.165) is 16.9 Å². The summed E-state index contributed by atoms with van der Waals surface area (Å²) in [5, 5.41) is 2.79. The summed E-state index contributed by atoms with van der Waals surface area (Å²) in [5.74, 6) is 0.651. The number of carbonyl (C=O) groups is 1. The summed E-state index contributed by atoms with van der Waals surface area (Å²) < 4.78 is 5.15. The molecule has 17 heavy (non-hydrogen) atoms. The largest absolute Gasteiger partial charge is 0.449 e. The second kappa shape index (κ2) is 4.82. The molecule has 0 bridgehead atoms. The molecule has 0 aliphatic rings. The first-order valence-electron chi connectivity index (χ1n) is 5.51. The summed E-state index contributed by atoms with van der Waals surface area (Å²) in [6, 6.07) is 7.52. The molecule has 1 amide bonds. The van der Waals surface area contributed by atoms with Gasteiger partial charge in [0.2, 0.25) is 5.91 Å². The number of oxazole rings is 1. The Morgan fingerprint density at radius 1 is 1.35 bits per heavy atom. The fraction of sp³-hybridized carbons (Fsp3) is 0.231. The first-order chi connectivity index (χ1) is 8.19. The minimum Gasteiger partial charge on any atom is -0.449 e. The number of anilines is 1. The Balaban J connectivity index is 2.15. The van der Waals surface area contributed by atoms with Crippen LogP contribution < -0.4 is 5.32 Å². The summed E-state index contributed by atoms with van der Waals surface area (Å²) in [7, 11) is 0. The van der Waals surface area contributed by atoms with Crippen molar-refractivity contribution in [3.63, 3.8) is 0 Å². The van der Waals surface area contributed by atoms with Crippen molar-refractivity contribution in [3.8, 4) is 11.3 Å². The molecule has 0 saturated heterocycles. The van der Waals surface area contributed by atoms with Crippen LogP contribution in [0.5, 0.6) is 0 Å². The lowest BCUT2D eigenvalue weighted by Gasteiger charge is -2.03. The first-order valence-corrected chi connectivity index (χ1v) is 5.51. The van der Waals surface area contributed by atoms with Gasteiger partial charge in [0.15, 0.2) is 5.89 Å². The Morgan fingerprint density at radius 3 is 2.59 bits per heavy atom. The van der Waals surface area contributed by atoms with Gasteiger partial charge in [-0.25, -0.2) is 4.98 Å². The second-order valence-corrected chi connectivity index (χ2v) is 3.73. The molecule has 0 saturated carbocycles. The fourth-order valence-electron chi connectivity index (χ4n) is 1.47. The minimum atomic E-state index is 0.00929. The monoisotopic (exact) mass is 230 g/mol. The molecule has 0 radical (unpaired) electrons. The summed E-state index contributed by atoms with van der Waals surface area (Å²) in [6.07, 6.45) is 2.10. The van der Waals surface area contributed by atoms with Crippen LogP contribution in [0.4, 0.5) is 5.69 Å². The van der Waals surface area contributed by atoms with Gasteiger partial charge >= 0.3 is 0 Å². The van der Waals surface area contributed by atoms with E-state index in [-0.39, 0.29) is 5.91 Å². The van der Waals surface area contributed by atoms with Crippen LogP contribution in [0.25, 0.3) is 11.3 Å². The van der Waals surface area contributed by atoms with Gasteiger partial charge < -0.3 is 9.73 Å².